The Morgan fingerprint density at radius 1 is 1.11 bits per heavy atom. The van der Waals surface area contributed by atoms with Gasteiger partial charge in [-0.2, -0.15) is 0 Å². The Bertz CT molecular complexity index is 880. The maximum absolute atomic E-state index is 10.5. The lowest BCUT2D eigenvalue weighted by atomic mass is 10.1. The van der Waals surface area contributed by atoms with E-state index in [2.05, 4.69) is 27.8 Å². The molecule has 0 spiro atoms. The first kappa shape index (κ1) is 22.4. The summed E-state index contributed by atoms with van der Waals surface area (Å²) in [4.78, 5) is 5.44. The minimum atomic E-state index is -0.621. The summed E-state index contributed by atoms with van der Waals surface area (Å²) in [6.07, 6.45) is 0.154. The maximum atomic E-state index is 10.5. The number of nitrogens with one attached hydrogen (secondary N) is 2. The molecule has 0 aliphatic rings. The quantitative estimate of drug-likeness (QED) is 0.219. The molecule has 4 N–H and O–H groups in total. The monoisotopic (exact) mass is 511 g/mol. The summed E-state index contributed by atoms with van der Waals surface area (Å²) >= 11 is 1.60. The fraction of sp³-hybridized carbons (Fsp3) is 0.286. The Morgan fingerprint density at radius 2 is 1.93 bits per heavy atom. The van der Waals surface area contributed by atoms with Crippen molar-refractivity contribution in [1.29, 1.82) is 0 Å². The van der Waals surface area contributed by atoms with Gasteiger partial charge in [0.25, 0.3) is 0 Å². The van der Waals surface area contributed by atoms with Gasteiger partial charge in [0.05, 0.1) is 6.54 Å². The van der Waals surface area contributed by atoms with Crippen molar-refractivity contribution in [3.05, 3.63) is 65.0 Å². The van der Waals surface area contributed by atoms with Gasteiger partial charge in [0.1, 0.15) is 11.9 Å². The fourth-order valence-electron chi connectivity index (χ4n) is 2.81. The van der Waals surface area contributed by atoms with Crippen LogP contribution in [0.15, 0.2) is 59.6 Å². The second kappa shape index (κ2) is 11.2. The van der Waals surface area contributed by atoms with Gasteiger partial charge in [0.15, 0.2) is 5.96 Å². The van der Waals surface area contributed by atoms with Gasteiger partial charge in [-0.05, 0) is 48.6 Å². The summed E-state index contributed by atoms with van der Waals surface area (Å²) in [6, 6.07) is 17.4. The van der Waals surface area contributed by atoms with Crippen LogP contribution in [0, 0.1) is 0 Å². The summed E-state index contributed by atoms with van der Waals surface area (Å²) in [5.41, 5.74) is 1.06. The van der Waals surface area contributed by atoms with Crippen molar-refractivity contribution in [3.8, 4) is 5.75 Å². The first-order chi connectivity index (χ1) is 13.2. The average molecular weight is 511 g/mol. The number of aliphatic imine (C=N–C) groups is 1. The Hall–Kier alpha value is -1.84. The number of thiophene rings is 1. The molecule has 1 aromatic heterocycles. The van der Waals surface area contributed by atoms with E-state index in [4.69, 9.17) is 0 Å². The molecule has 0 radical (unpaired) electrons. The molecule has 5 nitrogen and oxygen atoms in total. The fourth-order valence-corrected chi connectivity index (χ4v) is 3.86. The summed E-state index contributed by atoms with van der Waals surface area (Å²) in [5, 5.41) is 27.6. The number of fused-ring (bicyclic) bond motifs is 1. The number of nitrogens with zero attached hydrogens (tertiary/aromatic N) is 1. The number of aromatic hydroxyl groups is 1. The number of hydrogen-bond donors (Lipinski definition) is 4. The minimum absolute atomic E-state index is 0. The van der Waals surface area contributed by atoms with Gasteiger partial charge in [-0.15, -0.1) is 35.3 Å². The van der Waals surface area contributed by atoms with Crippen molar-refractivity contribution in [1.82, 2.24) is 10.6 Å². The van der Waals surface area contributed by atoms with Crippen LogP contribution in [0.4, 0.5) is 0 Å². The Balaban J connectivity index is 0.00000280. The van der Waals surface area contributed by atoms with Crippen LogP contribution in [0.25, 0.3) is 10.1 Å². The van der Waals surface area contributed by atoms with Crippen molar-refractivity contribution in [3.63, 3.8) is 0 Å². The third kappa shape index (κ3) is 6.35. The zero-order valence-electron chi connectivity index (χ0n) is 15.8. The van der Waals surface area contributed by atoms with Gasteiger partial charge in [-0.1, -0.05) is 30.3 Å². The van der Waals surface area contributed by atoms with Crippen LogP contribution in [-0.2, 0) is 6.42 Å². The highest BCUT2D eigenvalue weighted by Gasteiger charge is 2.11. The highest BCUT2D eigenvalue weighted by molar-refractivity contribution is 14.0. The second-order valence-electron chi connectivity index (χ2n) is 6.27. The molecular formula is C21H26IN3O2S. The van der Waals surface area contributed by atoms with E-state index in [9.17, 15) is 10.2 Å². The lowest BCUT2D eigenvalue weighted by Gasteiger charge is -2.12. The summed E-state index contributed by atoms with van der Waals surface area (Å²) < 4.78 is 1.17. The number of phenolic OH excluding ortho intramolecular Hbond substituents is 1. The normalized spacial score (nSPS) is 12.4. The summed E-state index contributed by atoms with van der Waals surface area (Å²) in [5.74, 6) is 0.956. The number of guanidine groups is 1. The number of rotatable bonds is 7. The molecule has 1 heterocycles. The van der Waals surface area contributed by atoms with E-state index in [1.807, 2.05) is 37.3 Å². The first-order valence-corrected chi connectivity index (χ1v) is 9.94. The molecule has 0 fully saturated rings. The molecule has 1 unspecified atom stereocenters. The third-order valence-electron chi connectivity index (χ3n) is 4.16. The number of hydrogen-bond acceptors (Lipinski definition) is 4. The molecule has 0 saturated heterocycles. The standard InChI is InChI=1S/C21H25N3O2S.HI/c1-2-22-21(23-11-10-15-6-5-8-17(25)12-15)24-14-18(26)20-13-16-7-3-4-9-19(16)27-20;/h3-9,12-13,18,25-26H,2,10-11,14H2,1H3,(H2,22,23,24);1H. The van der Waals surface area contributed by atoms with Crippen molar-refractivity contribution in [2.75, 3.05) is 19.6 Å². The smallest absolute Gasteiger partial charge is 0.191 e. The predicted molar refractivity (Wildman–Crippen MR) is 128 cm³/mol. The van der Waals surface area contributed by atoms with Gasteiger partial charge in [-0.3, -0.25) is 4.99 Å². The lowest BCUT2D eigenvalue weighted by molar-refractivity contribution is 0.191. The topological polar surface area (TPSA) is 76.9 Å². The van der Waals surface area contributed by atoms with Crippen LogP contribution < -0.4 is 10.6 Å². The Kier molecular flexibility index (Phi) is 9.01. The average Bonchev–Trinajstić information content (AvgIpc) is 3.10. The zero-order valence-corrected chi connectivity index (χ0v) is 18.9. The molecule has 0 aliphatic heterocycles. The van der Waals surface area contributed by atoms with E-state index in [1.165, 1.54) is 4.70 Å². The molecule has 28 heavy (non-hydrogen) atoms. The number of halogens is 1. The third-order valence-corrected chi connectivity index (χ3v) is 5.37. The SMILES string of the molecule is CCNC(=NCC(O)c1cc2ccccc2s1)NCCc1cccc(O)c1.I. The van der Waals surface area contributed by atoms with Gasteiger partial charge >= 0.3 is 0 Å². The lowest BCUT2D eigenvalue weighted by Crippen LogP contribution is -2.38. The van der Waals surface area contributed by atoms with Crippen molar-refractivity contribution in [2.45, 2.75) is 19.4 Å². The van der Waals surface area contributed by atoms with E-state index in [-0.39, 0.29) is 29.7 Å². The van der Waals surface area contributed by atoms with Crippen molar-refractivity contribution < 1.29 is 10.2 Å². The molecule has 1 atom stereocenters. The van der Waals surface area contributed by atoms with Gasteiger partial charge in [-0.25, -0.2) is 0 Å². The van der Waals surface area contributed by atoms with Gasteiger partial charge in [0.2, 0.25) is 0 Å². The number of phenols is 1. The van der Waals surface area contributed by atoms with Crippen LogP contribution in [-0.4, -0.2) is 35.8 Å². The Labute approximate surface area is 186 Å². The largest absolute Gasteiger partial charge is 0.508 e. The number of benzene rings is 2. The van der Waals surface area contributed by atoms with Crippen LogP contribution in [0.5, 0.6) is 5.75 Å². The van der Waals surface area contributed by atoms with Crippen LogP contribution in [0.2, 0.25) is 0 Å². The molecule has 2 aromatic carbocycles. The van der Waals surface area contributed by atoms with E-state index < -0.39 is 6.10 Å². The highest BCUT2D eigenvalue weighted by atomic mass is 127. The van der Waals surface area contributed by atoms with E-state index in [0.29, 0.717) is 19.0 Å². The van der Waals surface area contributed by atoms with Crippen LogP contribution in [0.3, 0.4) is 0 Å². The molecule has 7 heteroatoms. The maximum Gasteiger partial charge on any atom is 0.191 e. The molecule has 3 rings (SSSR count). The highest BCUT2D eigenvalue weighted by Crippen LogP contribution is 2.29. The minimum Gasteiger partial charge on any atom is -0.508 e. The number of aliphatic hydroxyl groups excluding tert-OH is 1. The Morgan fingerprint density at radius 3 is 2.68 bits per heavy atom. The van der Waals surface area contributed by atoms with E-state index in [0.717, 1.165) is 28.8 Å². The molecule has 0 saturated carbocycles. The van der Waals surface area contributed by atoms with Gasteiger partial charge < -0.3 is 20.8 Å². The number of aliphatic hydroxyl groups is 1. The van der Waals surface area contributed by atoms with Gasteiger partial charge in [0, 0.05) is 22.7 Å². The van der Waals surface area contributed by atoms with Crippen LogP contribution >= 0.6 is 35.3 Å². The first-order valence-electron chi connectivity index (χ1n) is 9.12. The van der Waals surface area contributed by atoms with Crippen molar-refractivity contribution in [2.24, 2.45) is 4.99 Å². The summed E-state index contributed by atoms with van der Waals surface area (Å²) in [7, 11) is 0. The molecule has 150 valence electrons. The summed E-state index contributed by atoms with van der Waals surface area (Å²) in [6.45, 7) is 3.74. The molecule has 0 bridgehead atoms. The van der Waals surface area contributed by atoms with E-state index >= 15 is 0 Å². The molecular weight excluding hydrogens is 485 g/mol. The van der Waals surface area contributed by atoms with Crippen molar-refractivity contribution >= 4 is 51.4 Å². The second-order valence-corrected chi connectivity index (χ2v) is 7.38. The van der Waals surface area contributed by atoms with Crippen LogP contribution in [0.1, 0.15) is 23.5 Å². The molecule has 3 aromatic rings. The zero-order chi connectivity index (χ0) is 19.1. The predicted octanol–water partition coefficient (Wildman–Crippen LogP) is 4.06. The molecule has 0 amide bonds. The van der Waals surface area contributed by atoms with E-state index in [1.54, 1.807) is 23.5 Å². The molecule has 0 aliphatic carbocycles.